The Hall–Kier alpha value is -0.820. The lowest BCUT2D eigenvalue weighted by atomic mass is 10.2. The van der Waals surface area contributed by atoms with E-state index in [0.717, 1.165) is 0 Å². The van der Waals surface area contributed by atoms with Crippen LogP contribution in [0.25, 0.3) is 0 Å². The fraction of sp³-hybridized carbons (Fsp3) is 0.909. The van der Waals surface area contributed by atoms with Crippen molar-refractivity contribution in [3.05, 3.63) is 0 Å². The molecule has 104 valence electrons. The van der Waals surface area contributed by atoms with Crippen molar-refractivity contribution in [1.82, 2.24) is 10.2 Å². The number of amides is 2. The van der Waals surface area contributed by atoms with Crippen LogP contribution in [-0.2, 0) is 14.6 Å². The zero-order chi connectivity index (χ0) is 13.3. The van der Waals surface area contributed by atoms with Crippen LogP contribution in [0, 0.1) is 0 Å². The van der Waals surface area contributed by atoms with E-state index in [-0.39, 0.29) is 35.8 Å². The van der Waals surface area contributed by atoms with Gasteiger partial charge < -0.3 is 15.0 Å². The number of rotatable bonds is 1. The first-order valence-electron chi connectivity index (χ1n) is 6.27. The van der Waals surface area contributed by atoms with Crippen molar-refractivity contribution in [2.75, 3.05) is 24.6 Å². The summed E-state index contributed by atoms with van der Waals surface area (Å²) in [4.78, 5) is 13.7. The van der Waals surface area contributed by atoms with Gasteiger partial charge in [0.15, 0.2) is 9.84 Å². The summed E-state index contributed by atoms with van der Waals surface area (Å²) in [7, 11) is -2.95. The molecule has 0 saturated carbocycles. The number of nitrogens with one attached hydrogen (secondary N) is 1. The van der Waals surface area contributed by atoms with Gasteiger partial charge in [0.1, 0.15) is 0 Å². The van der Waals surface area contributed by atoms with Gasteiger partial charge in [0.2, 0.25) is 0 Å². The van der Waals surface area contributed by atoms with Gasteiger partial charge >= 0.3 is 6.03 Å². The van der Waals surface area contributed by atoms with Crippen LogP contribution in [0.1, 0.15) is 20.3 Å². The highest BCUT2D eigenvalue weighted by atomic mass is 32.2. The van der Waals surface area contributed by atoms with E-state index in [1.165, 1.54) is 0 Å². The van der Waals surface area contributed by atoms with Crippen LogP contribution in [0.3, 0.4) is 0 Å². The Morgan fingerprint density at radius 2 is 1.89 bits per heavy atom. The summed E-state index contributed by atoms with van der Waals surface area (Å²) >= 11 is 0. The van der Waals surface area contributed by atoms with E-state index >= 15 is 0 Å². The number of hydrogen-bond acceptors (Lipinski definition) is 4. The molecule has 0 aromatic heterocycles. The lowest BCUT2D eigenvalue weighted by Crippen LogP contribution is -2.53. The molecule has 2 rings (SSSR count). The molecule has 0 spiro atoms. The summed E-state index contributed by atoms with van der Waals surface area (Å²) in [5.74, 6) is 0.238. The Labute approximate surface area is 108 Å². The molecule has 18 heavy (non-hydrogen) atoms. The number of urea groups is 1. The molecule has 0 aliphatic carbocycles. The second kappa shape index (κ2) is 5.05. The first-order valence-corrected chi connectivity index (χ1v) is 8.09. The van der Waals surface area contributed by atoms with Gasteiger partial charge in [-0.3, -0.25) is 0 Å². The van der Waals surface area contributed by atoms with Crippen molar-refractivity contribution in [1.29, 1.82) is 0 Å². The number of sulfone groups is 1. The van der Waals surface area contributed by atoms with Gasteiger partial charge in [0, 0.05) is 19.1 Å². The lowest BCUT2D eigenvalue weighted by Gasteiger charge is -2.35. The lowest BCUT2D eigenvalue weighted by molar-refractivity contribution is -0.0547. The molecule has 3 atom stereocenters. The summed E-state index contributed by atoms with van der Waals surface area (Å²) in [5.41, 5.74) is 0. The molecule has 2 aliphatic rings. The van der Waals surface area contributed by atoms with E-state index in [1.54, 1.807) is 4.90 Å². The van der Waals surface area contributed by atoms with Gasteiger partial charge in [0.05, 0.1) is 23.7 Å². The van der Waals surface area contributed by atoms with E-state index in [0.29, 0.717) is 19.5 Å². The highest BCUT2D eigenvalue weighted by Crippen LogP contribution is 2.14. The third-order valence-corrected chi connectivity index (χ3v) is 5.03. The van der Waals surface area contributed by atoms with Gasteiger partial charge in [-0.2, -0.15) is 0 Å². The van der Waals surface area contributed by atoms with Crippen molar-refractivity contribution in [2.24, 2.45) is 0 Å². The van der Waals surface area contributed by atoms with Crippen LogP contribution in [-0.4, -0.2) is 62.2 Å². The van der Waals surface area contributed by atoms with Crippen LogP contribution >= 0.6 is 0 Å². The molecule has 0 aromatic rings. The molecule has 2 amide bonds. The molecule has 2 heterocycles. The molecule has 0 unspecified atom stereocenters. The second-order valence-electron chi connectivity index (χ2n) is 5.21. The molecule has 0 aromatic carbocycles. The molecule has 2 fully saturated rings. The Balaban J connectivity index is 1.88. The summed E-state index contributed by atoms with van der Waals surface area (Å²) in [6, 6.07) is -0.421. The Bertz CT molecular complexity index is 413. The summed E-state index contributed by atoms with van der Waals surface area (Å²) in [5, 5.41) is 2.80. The van der Waals surface area contributed by atoms with Crippen molar-refractivity contribution in [3.63, 3.8) is 0 Å². The molecule has 2 aliphatic heterocycles. The molecule has 0 radical (unpaired) electrons. The zero-order valence-corrected chi connectivity index (χ0v) is 11.6. The largest absolute Gasteiger partial charge is 0.372 e. The average Bonchev–Trinajstić information content (AvgIpc) is 2.56. The first-order chi connectivity index (χ1) is 8.35. The normalized spacial score (nSPS) is 35.4. The van der Waals surface area contributed by atoms with Gasteiger partial charge in [-0.05, 0) is 20.3 Å². The minimum atomic E-state index is -2.95. The zero-order valence-electron chi connectivity index (χ0n) is 10.8. The predicted molar refractivity (Wildman–Crippen MR) is 67.2 cm³/mol. The fourth-order valence-electron chi connectivity index (χ4n) is 2.52. The van der Waals surface area contributed by atoms with Crippen LogP contribution in [0.5, 0.6) is 0 Å². The van der Waals surface area contributed by atoms with Crippen LogP contribution in [0.15, 0.2) is 0 Å². The maximum Gasteiger partial charge on any atom is 0.317 e. The maximum absolute atomic E-state index is 12.0. The van der Waals surface area contributed by atoms with Crippen molar-refractivity contribution < 1.29 is 17.9 Å². The number of carbonyl (C=O) groups excluding carboxylic acids is 1. The van der Waals surface area contributed by atoms with Crippen LogP contribution in [0.4, 0.5) is 4.79 Å². The number of carbonyl (C=O) groups is 1. The van der Waals surface area contributed by atoms with E-state index in [1.807, 2.05) is 13.8 Å². The predicted octanol–water partition coefficient (Wildman–Crippen LogP) is -0.00770. The van der Waals surface area contributed by atoms with Crippen LogP contribution in [0.2, 0.25) is 0 Å². The number of hydrogen-bond donors (Lipinski definition) is 1. The topological polar surface area (TPSA) is 75.7 Å². The first kappa shape index (κ1) is 13.6. The van der Waals surface area contributed by atoms with E-state index < -0.39 is 9.84 Å². The minimum Gasteiger partial charge on any atom is -0.372 e. The standard InChI is InChI=1S/C11H20N2O4S/c1-8-5-13(6-9(2)17-8)11(14)12-10-3-4-18(15,16)7-10/h8-10H,3-7H2,1-2H3,(H,12,14)/t8-,9+,10-/m1/s1. The minimum absolute atomic E-state index is 0.0202. The van der Waals surface area contributed by atoms with E-state index in [9.17, 15) is 13.2 Å². The third kappa shape index (κ3) is 3.35. The van der Waals surface area contributed by atoms with Crippen LogP contribution < -0.4 is 5.32 Å². The maximum atomic E-state index is 12.0. The van der Waals surface area contributed by atoms with Gasteiger partial charge in [-0.15, -0.1) is 0 Å². The quantitative estimate of drug-likeness (QED) is 0.731. The smallest absolute Gasteiger partial charge is 0.317 e. The molecule has 6 nitrogen and oxygen atoms in total. The summed E-state index contributed by atoms with van der Waals surface area (Å²) in [6.07, 6.45) is 0.558. The molecule has 0 bridgehead atoms. The fourth-order valence-corrected chi connectivity index (χ4v) is 4.19. The molecule has 1 N–H and O–H groups in total. The molecule has 2 saturated heterocycles. The van der Waals surface area contributed by atoms with Gasteiger partial charge in [0.25, 0.3) is 0 Å². The SMILES string of the molecule is C[C@@H]1CN(C(=O)N[C@@H]2CCS(=O)(=O)C2)C[C@H](C)O1. The Kier molecular flexibility index (Phi) is 3.82. The third-order valence-electron chi connectivity index (χ3n) is 3.27. The molecular formula is C11H20N2O4S. The Morgan fingerprint density at radius 3 is 2.39 bits per heavy atom. The summed E-state index contributed by atoms with van der Waals surface area (Å²) in [6.45, 7) is 4.96. The second-order valence-corrected chi connectivity index (χ2v) is 7.44. The monoisotopic (exact) mass is 276 g/mol. The number of ether oxygens (including phenoxy) is 1. The highest BCUT2D eigenvalue weighted by Gasteiger charge is 2.32. The average molecular weight is 276 g/mol. The number of nitrogens with zero attached hydrogens (tertiary/aromatic N) is 1. The Morgan fingerprint density at radius 1 is 1.28 bits per heavy atom. The highest BCUT2D eigenvalue weighted by molar-refractivity contribution is 7.91. The van der Waals surface area contributed by atoms with E-state index in [4.69, 9.17) is 4.74 Å². The van der Waals surface area contributed by atoms with E-state index in [2.05, 4.69) is 5.32 Å². The molecule has 7 heteroatoms. The van der Waals surface area contributed by atoms with Gasteiger partial charge in [-0.1, -0.05) is 0 Å². The summed E-state index contributed by atoms with van der Waals surface area (Å²) < 4.78 is 28.2. The number of morpholine rings is 1. The van der Waals surface area contributed by atoms with Crippen molar-refractivity contribution >= 4 is 15.9 Å². The molecular weight excluding hydrogens is 256 g/mol. The van der Waals surface area contributed by atoms with Crippen molar-refractivity contribution in [3.8, 4) is 0 Å². The van der Waals surface area contributed by atoms with Gasteiger partial charge in [-0.25, -0.2) is 13.2 Å². The van der Waals surface area contributed by atoms with Crippen molar-refractivity contribution in [2.45, 2.75) is 38.5 Å².